The Bertz CT molecular complexity index is 636. The van der Waals surface area contributed by atoms with Crippen LogP contribution in [0.1, 0.15) is 0 Å². The van der Waals surface area contributed by atoms with Crippen LogP contribution in [0.2, 0.25) is 0 Å². The number of fused-ring (bicyclic) bond motifs is 1. The average molecular weight is 277 g/mol. The Morgan fingerprint density at radius 2 is 2.25 bits per heavy atom. The first-order valence-electron chi connectivity index (χ1n) is 5.90. The number of hydrazine groups is 1. The Hall–Kier alpha value is -2.68. The minimum Gasteiger partial charge on any atom is -0.488 e. The molecule has 0 fully saturated rings. The number of pyridine rings is 1. The number of nitrogens with two attached hydrogens (primary N) is 1. The predicted molar refractivity (Wildman–Crippen MR) is 71.3 cm³/mol. The molecule has 0 amide bonds. The van der Waals surface area contributed by atoms with Crippen molar-refractivity contribution in [1.82, 2.24) is 15.0 Å². The fraction of sp³-hybridized carbons (Fsp3) is 0.182. The Morgan fingerprint density at radius 1 is 1.35 bits per heavy atom. The van der Waals surface area contributed by atoms with Crippen LogP contribution in [-0.4, -0.2) is 28.1 Å². The lowest BCUT2D eigenvalue weighted by Crippen LogP contribution is -2.19. The van der Waals surface area contributed by atoms with Crippen molar-refractivity contribution in [2.75, 3.05) is 29.2 Å². The number of halogens is 1. The summed E-state index contributed by atoms with van der Waals surface area (Å²) in [5.74, 6) is 6.37. The molecule has 3 rings (SSSR count). The third-order valence-electron chi connectivity index (χ3n) is 2.63. The molecule has 0 bridgehead atoms. The van der Waals surface area contributed by atoms with Gasteiger partial charge in [-0.15, -0.1) is 0 Å². The van der Waals surface area contributed by atoms with Crippen molar-refractivity contribution in [2.45, 2.75) is 0 Å². The summed E-state index contributed by atoms with van der Waals surface area (Å²) in [6.45, 7) is 1.26. The Labute approximate surface area is 113 Å². The second-order valence-electron chi connectivity index (χ2n) is 3.98. The molecule has 0 spiro atoms. The van der Waals surface area contributed by atoms with Crippen molar-refractivity contribution in [3.05, 3.63) is 24.1 Å². The first-order valence-corrected chi connectivity index (χ1v) is 5.90. The van der Waals surface area contributed by atoms with Crippen molar-refractivity contribution in [2.24, 2.45) is 5.84 Å². The number of hydrogen-bond donors (Lipinski definition) is 4. The van der Waals surface area contributed by atoms with Gasteiger partial charge in [0.1, 0.15) is 12.4 Å². The van der Waals surface area contributed by atoms with Crippen LogP contribution >= 0.6 is 0 Å². The highest BCUT2D eigenvalue weighted by Gasteiger charge is 2.13. The lowest BCUT2D eigenvalue weighted by molar-refractivity contribution is 0.321. The van der Waals surface area contributed by atoms with E-state index in [0.717, 1.165) is 6.20 Å². The van der Waals surface area contributed by atoms with E-state index in [1.807, 2.05) is 0 Å². The van der Waals surface area contributed by atoms with Crippen molar-refractivity contribution >= 4 is 23.4 Å². The molecule has 9 heteroatoms. The number of aromatic nitrogens is 3. The first kappa shape index (κ1) is 12.4. The molecular formula is C11H12FN7O. The smallest absolute Gasteiger partial charge is 0.239 e. The second kappa shape index (κ2) is 5.13. The maximum atomic E-state index is 13.6. The van der Waals surface area contributed by atoms with Crippen LogP contribution in [-0.2, 0) is 0 Å². The van der Waals surface area contributed by atoms with Gasteiger partial charge in [-0.3, -0.25) is 5.43 Å². The topological polar surface area (TPSA) is 110 Å². The highest BCUT2D eigenvalue weighted by atomic mass is 19.1. The van der Waals surface area contributed by atoms with E-state index in [0.29, 0.717) is 30.5 Å². The number of nitrogens with zero attached hydrogens (tertiary/aromatic N) is 3. The summed E-state index contributed by atoms with van der Waals surface area (Å²) in [5.41, 5.74) is 2.25. The fourth-order valence-corrected chi connectivity index (χ4v) is 1.74. The Balaban J connectivity index is 1.87. The van der Waals surface area contributed by atoms with E-state index >= 15 is 0 Å². The molecule has 0 aromatic carbocycles. The molecule has 0 saturated carbocycles. The highest BCUT2D eigenvalue weighted by Crippen LogP contribution is 2.27. The molecule has 0 radical (unpaired) electrons. The zero-order valence-corrected chi connectivity index (χ0v) is 10.4. The lowest BCUT2D eigenvalue weighted by atomic mass is 10.3. The molecule has 0 saturated heterocycles. The van der Waals surface area contributed by atoms with E-state index in [2.05, 4.69) is 31.0 Å². The SMILES string of the molecule is NNc1ncc(F)c(Nc2ccc3c(n2)NCCO3)n1. The molecule has 3 heterocycles. The van der Waals surface area contributed by atoms with E-state index in [4.69, 9.17) is 10.6 Å². The summed E-state index contributed by atoms with van der Waals surface area (Å²) in [4.78, 5) is 11.8. The van der Waals surface area contributed by atoms with Gasteiger partial charge < -0.3 is 15.4 Å². The molecule has 2 aromatic heterocycles. The minimum absolute atomic E-state index is 0.0165. The third-order valence-corrected chi connectivity index (χ3v) is 2.63. The maximum Gasteiger partial charge on any atom is 0.239 e. The number of hydrogen-bond acceptors (Lipinski definition) is 8. The van der Waals surface area contributed by atoms with Crippen molar-refractivity contribution in [1.29, 1.82) is 0 Å². The molecule has 2 aromatic rings. The average Bonchev–Trinajstić information content (AvgIpc) is 2.49. The van der Waals surface area contributed by atoms with Gasteiger partial charge in [-0.05, 0) is 12.1 Å². The molecule has 1 aliphatic rings. The normalized spacial score (nSPS) is 12.9. The van der Waals surface area contributed by atoms with Gasteiger partial charge in [0.05, 0.1) is 12.7 Å². The second-order valence-corrected chi connectivity index (χ2v) is 3.98. The Morgan fingerprint density at radius 3 is 3.10 bits per heavy atom. The monoisotopic (exact) mass is 277 g/mol. The molecule has 8 nitrogen and oxygen atoms in total. The molecule has 0 atom stereocenters. The van der Waals surface area contributed by atoms with Crippen LogP contribution in [0.5, 0.6) is 5.75 Å². The van der Waals surface area contributed by atoms with E-state index in [9.17, 15) is 4.39 Å². The van der Waals surface area contributed by atoms with Gasteiger partial charge in [0.25, 0.3) is 0 Å². The van der Waals surface area contributed by atoms with E-state index in [1.165, 1.54) is 0 Å². The van der Waals surface area contributed by atoms with Crippen LogP contribution in [0.3, 0.4) is 0 Å². The number of ether oxygens (including phenoxy) is 1. The van der Waals surface area contributed by atoms with Gasteiger partial charge in [0.2, 0.25) is 5.95 Å². The first-order chi connectivity index (χ1) is 9.76. The quantitative estimate of drug-likeness (QED) is 0.482. The molecule has 0 aliphatic carbocycles. The molecule has 104 valence electrons. The summed E-state index contributed by atoms with van der Waals surface area (Å²) < 4.78 is 19.0. The number of nitrogen functional groups attached to an aromatic ring is 1. The zero-order chi connectivity index (χ0) is 13.9. The van der Waals surface area contributed by atoms with E-state index < -0.39 is 5.82 Å². The lowest BCUT2D eigenvalue weighted by Gasteiger charge is -2.18. The standard InChI is InChI=1S/C11H12FN7O/c12-6-5-15-11(19-13)18-9(6)16-8-2-1-7-10(17-8)14-3-4-20-7/h1-2,5H,3-4,13H2,(H3,14,15,16,17,18,19). The van der Waals surface area contributed by atoms with Crippen molar-refractivity contribution in [3.8, 4) is 5.75 Å². The van der Waals surface area contributed by atoms with Gasteiger partial charge in [-0.1, -0.05) is 0 Å². The van der Waals surface area contributed by atoms with Gasteiger partial charge in [0.15, 0.2) is 23.2 Å². The number of nitrogens with one attached hydrogen (secondary N) is 3. The molecule has 20 heavy (non-hydrogen) atoms. The molecular weight excluding hydrogens is 265 g/mol. The van der Waals surface area contributed by atoms with Crippen LogP contribution in [0, 0.1) is 5.82 Å². The van der Waals surface area contributed by atoms with Crippen LogP contribution in [0.15, 0.2) is 18.3 Å². The maximum absolute atomic E-state index is 13.6. The summed E-state index contributed by atoms with van der Waals surface area (Å²) in [6.07, 6.45) is 1.02. The third kappa shape index (κ3) is 2.38. The summed E-state index contributed by atoms with van der Waals surface area (Å²) in [5, 5.41) is 5.86. The number of rotatable bonds is 3. The van der Waals surface area contributed by atoms with Crippen molar-refractivity contribution in [3.63, 3.8) is 0 Å². The van der Waals surface area contributed by atoms with E-state index in [-0.39, 0.29) is 11.8 Å². The van der Waals surface area contributed by atoms with Gasteiger partial charge in [0, 0.05) is 0 Å². The Kier molecular flexibility index (Phi) is 3.17. The summed E-state index contributed by atoms with van der Waals surface area (Å²) >= 11 is 0. The molecule has 1 aliphatic heterocycles. The van der Waals surface area contributed by atoms with E-state index in [1.54, 1.807) is 12.1 Å². The fourth-order valence-electron chi connectivity index (χ4n) is 1.74. The summed E-state index contributed by atoms with van der Waals surface area (Å²) in [7, 11) is 0. The van der Waals surface area contributed by atoms with Crippen LogP contribution < -0.4 is 26.6 Å². The van der Waals surface area contributed by atoms with Gasteiger partial charge in [-0.25, -0.2) is 20.2 Å². The van der Waals surface area contributed by atoms with Gasteiger partial charge >= 0.3 is 0 Å². The molecule has 5 N–H and O–H groups in total. The van der Waals surface area contributed by atoms with Crippen molar-refractivity contribution < 1.29 is 9.13 Å². The molecule has 0 unspecified atom stereocenters. The zero-order valence-electron chi connectivity index (χ0n) is 10.4. The highest BCUT2D eigenvalue weighted by molar-refractivity contribution is 5.61. The van der Waals surface area contributed by atoms with Crippen LogP contribution in [0.4, 0.5) is 27.8 Å². The number of anilines is 4. The summed E-state index contributed by atoms with van der Waals surface area (Å²) in [6, 6.07) is 3.42. The van der Waals surface area contributed by atoms with Crippen LogP contribution in [0.25, 0.3) is 0 Å². The predicted octanol–water partition coefficient (Wildman–Crippen LogP) is 0.844. The minimum atomic E-state index is -0.604. The largest absolute Gasteiger partial charge is 0.488 e. The van der Waals surface area contributed by atoms with Gasteiger partial charge in [-0.2, -0.15) is 4.98 Å².